The van der Waals surface area contributed by atoms with Crippen LogP contribution < -0.4 is 19.4 Å². The molecule has 2 atom stereocenters. The highest BCUT2D eigenvalue weighted by Crippen LogP contribution is 2.42. The summed E-state index contributed by atoms with van der Waals surface area (Å²) in [6.45, 7) is 8.26. The number of alkyl halides is 1. The summed E-state index contributed by atoms with van der Waals surface area (Å²) in [4.78, 5) is 23.8. The largest absolute Gasteiger partial charge is 0.508 e. The van der Waals surface area contributed by atoms with E-state index in [1.165, 1.54) is 6.07 Å². The monoisotopic (exact) mass is 661 g/mol. The number of anilines is 3. The molecular weight excluding hydrogens is 620 g/mol. The highest BCUT2D eigenvalue weighted by Gasteiger charge is 2.49. The second kappa shape index (κ2) is 12.4. The summed E-state index contributed by atoms with van der Waals surface area (Å²) in [5.41, 5.74) is 3.13. The van der Waals surface area contributed by atoms with Crippen LogP contribution in [0.5, 0.6) is 11.8 Å². The first kappa shape index (κ1) is 30.6. The quantitative estimate of drug-likeness (QED) is 0.267. The molecule has 0 radical (unpaired) electrons. The van der Waals surface area contributed by atoms with Crippen molar-refractivity contribution in [2.45, 2.75) is 63.7 Å². The Balaban J connectivity index is 1.14. The molecular formula is C35H41F2N7O2S. The lowest BCUT2D eigenvalue weighted by Crippen LogP contribution is -2.43. The second-order valence-corrected chi connectivity index (χ2v) is 14.2. The Morgan fingerprint density at radius 3 is 2.77 bits per heavy atom. The van der Waals surface area contributed by atoms with Crippen LogP contribution in [-0.2, 0) is 19.4 Å². The fraction of sp³-hybridized carbons (Fsp3) is 0.514. The summed E-state index contributed by atoms with van der Waals surface area (Å²) in [5.74, 6) is 0.819. The SMILES string of the molecule is CCc1c(F)ccc2cc(O)cc(N3CCc4c(nc(OC[C@@]56CCCN5C[C@H](F)C6)nc4N4CCCN(c5nccs5)CC4)C3)c12. The number of phenols is 1. The van der Waals surface area contributed by atoms with Crippen LogP contribution in [0.3, 0.4) is 0 Å². The molecule has 248 valence electrons. The summed E-state index contributed by atoms with van der Waals surface area (Å²) in [5, 5.41) is 15.4. The Bertz CT molecular complexity index is 1770. The van der Waals surface area contributed by atoms with Gasteiger partial charge in [-0.25, -0.2) is 13.8 Å². The molecule has 4 aromatic rings. The zero-order valence-corrected chi connectivity index (χ0v) is 27.6. The van der Waals surface area contributed by atoms with Crippen LogP contribution in [0.4, 0.5) is 25.4 Å². The van der Waals surface area contributed by atoms with Crippen molar-refractivity contribution in [2.24, 2.45) is 0 Å². The van der Waals surface area contributed by atoms with Gasteiger partial charge in [0.05, 0.1) is 17.8 Å². The van der Waals surface area contributed by atoms with Crippen molar-refractivity contribution in [2.75, 3.05) is 67.1 Å². The van der Waals surface area contributed by atoms with E-state index in [2.05, 4.69) is 24.6 Å². The summed E-state index contributed by atoms with van der Waals surface area (Å²) < 4.78 is 36.0. The second-order valence-electron chi connectivity index (χ2n) is 13.4. The number of aromatic nitrogens is 3. The molecule has 2 aromatic carbocycles. The van der Waals surface area contributed by atoms with Gasteiger partial charge >= 0.3 is 6.01 Å². The van der Waals surface area contributed by atoms with Gasteiger partial charge in [0.15, 0.2) is 5.13 Å². The molecule has 0 unspecified atom stereocenters. The molecule has 3 fully saturated rings. The van der Waals surface area contributed by atoms with Crippen molar-refractivity contribution < 1.29 is 18.6 Å². The van der Waals surface area contributed by atoms with Gasteiger partial charge in [0.1, 0.15) is 30.2 Å². The first-order chi connectivity index (χ1) is 22.9. The van der Waals surface area contributed by atoms with Crippen LogP contribution in [0, 0.1) is 5.82 Å². The van der Waals surface area contributed by atoms with E-state index in [0.717, 1.165) is 90.7 Å². The van der Waals surface area contributed by atoms with E-state index in [-0.39, 0.29) is 17.1 Å². The number of fused-ring (bicyclic) bond motifs is 3. The van der Waals surface area contributed by atoms with Gasteiger partial charge in [-0.3, -0.25) is 4.90 Å². The molecule has 6 heterocycles. The molecule has 4 aliphatic rings. The van der Waals surface area contributed by atoms with Gasteiger partial charge in [0, 0.05) is 80.0 Å². The third kappa shape index (κ3) is 5.62. The van der Waals surface area contributed by atoms with Crippen molar-refractivity contribution in [3.8, 4) is 11.8 Å². The molecule has 9 nitrogen and oxygen atoms in total. The van der Waals surface area contributed by atoms with E-state index in [0.29, 0.717) is 57.1 Å². The molecule has 0 bridgehead atoms. The summed E-state index contributed by atoms with van der Waals surface area (Å²) >= 11 is 1.66. The predicted molar refractivity (Wildman–Crippen MR) is 181 cm³/mol. The van der Waals surface area contributed by atoms with Gasteiger partial charge in [0.25, 0.3) is 0 Å². The third-order valence-corrected chi connectivity index (χ3v) is 11.4. The molecule has 2 aromatic heterocycles. The zero-order valence-electron chi connectivity index (χ0n) is 26.8. The average molecular weight is 662 g/mol. The normalized spacial score (nSPS) is 23.3. The van der Waals surface area contributed by atoms with Crippen LogP contribution in [0.2, 0.25) is 0 Å². The molecule has 1 N–H and O–H groups in total. The van der Waals surface area contributed by atoms with Gasteiger partial charge < -0.3 is 24.5 Å². The predicted octanol–water partition coefficient (Wildman–Crippen LogP) is 5.73. The summed E-state index contributed by atoms with van der Waals surface area (Å²) in [6.07, 6.45) is 5.68. The average Bonchev–Trinajstić information content (AvgIpc) is 3.76. The topological polar surface area (TPSA) is 81.1 Å². The minimum absolute atomic E-state index is 0.150. The van der Waals surface area contributed by atoms with E-state index < -0.39 is 6.17 Å². The van der Waals surface area contributed by atoms with Crippen molar-refractivity contribution >= 4 is 38.7 Å². The smallest absolute Gasteiger partial charge is 0.318 e. The van der Waals surface area contributed by atoms with Gasteiger partial charge in [-0.2, -0.15) is 9.97 Å². The standard InChI is InChI=1S/C35H41F2N7O2S/c1-2-26-28(37)6-5-23-17-25(45)18-30(31(23)26)43-13-7-27-29(21-43)39-33(46-22-35-8-3-12-44(35)20-24(36)19-35)40-32(27)41-10-4-11-42(15-14-41)34-38-9-16-47-34/h5-6,9,16-18,24,45H,2-4,7-8,10-15,19-22H2,1H3/t24-,35+/m1/s1. The molecule has 47 heavy (non-hydrogen) atoms. The number of thiazole rings is 1. The van der Waals surface area contributed by atoms with Gasteiger partial charge in [-0.15, -0.1) is 11.3 Å². The van der Waals surface area contributed by atoms with Crippen LogP contribution in [0.25, 0.3) is 10.8 Å². The van der Waals surface area contributed by atoms with Crippen molar-refractivity contribution in [1.29, 1.82) is 0 Å². The Labute approximate surface area is 277 Å². The van der Waals surface area contributed by atoms with Crippen molar-refractivity contribution in [3.05, 3.63) is 58.5 Å². The lowest BCUT2D eigenvalue weighted by Gasteiger charge is -2.35. The minimum Gasteiger partial charge on any atom is -0.508 e. The number of rotatable bonds is 7. The number of aryl methyl sites for hydroxylation is 1. The lowest BCUT2D eigenvalue weighted by atomic mass is 9.95. The number of halogens is 2. The number of phenolic OH excluding ortho intramolecular Hbond substituents is 1. The van der Waals surface area contributed by atoms with E-state index in [1.54, 1.807) is 29.5 Å². The van der Waals surface area contributed by atoms with Crippen molar-refractivity contribution in [3.63, 3.8) is 0 Å². The lowest BCUT2D eigenvalue weighted by molar-refractivity contribution is 0.107. The molecule has 3 saturated heterocycles. The minimum atomic E-state index is -0.833. The third-order valence-electron chi connectivity index (χ3n) is 10.6. The fourth-order valence-corrected chi connectivity index (χ4v) is 9.03. The number of ether oxygens (including phenoxy) is 1. The van der Waals surface area contributed by atoms with E-state index in [1.807, 2.05) is 18.5 Å². The first-order valence-corrected chi connectivity index (χ1v) is 17.8. The number of benzene rings is 2. The maximum atomic E-state index is 15.0. The number of nitrogens with zero attached hydrogens (tertiary/aromatic N) is 7. The highest BCUT2D eigenvalue weighted by atomic mass is 32.1. The van der Waals surface area contributed by atoms with Gasteiger partial charge in [-0.1, -0.05) is 13.0 Å². The van der Waals surface area contributed by atoms with Crippen LogP contribution in [0.1, 0.15) is 49.4 Å². The van der Waals surface area contributed by atoms with E-state index >= 15 is 4.39 Å². The molecule has 12 heteroatoms. The van der Waals surface area contributed by atoms with Gasteiger partial charge in [-0.05, 0) is 61.7 Å². The van der Waals surface area contributed by atoms with Crippen molar-refractivity contribution in [1.82, 2.24) is 19.9 Å². The molecule has 0 spiro atoms. The maximum Gasteiger partial charge on any atom is 0.318 e. The molecule has 0 amide bonds. The summed E-state index contributed by atoms with van der Waals surface area (Å²) in [6, 6.07) is 6.99. The highest BCUT2D eigenvalue weighted by molar-refractivity contribution is 7.13. The molecule has 8 rings (SSSR count). The Morgan fingerprint density at radius 1 is 1.04 bits per heavy atom. The Hall–Kier alpha value is -3.77. The van der Waals surface area contributed by atoms with Gasteiger partial charge in [0.2, 0.25) is 0 Å². The van der Waals surface area contributed by atoms with E-state index in [9.17, 15) is 9.50 Å². The summed E-state index contributed by atoms with van der Waals surface area (Å²) in [7, 11) is 0. The Kier molecular flexibility index (Phi) is 8.03. The van der Waals surface area contributed by atoms with Crippen LogP contribution in [-0.4, -0.2) is 89.1 Å². The number of aromatic hydroxyl groups is 1. The maximum absolute atomic E-state index is 15.0. The Morgan fingerprint density at radius 2 is 1.91 bits per heavy atom. The molecule has 0 aliphatic carbocycles. The molecule has 0 saturated carbocycles. The number of hydrogen-bond acceptors (Lipinski definition) is 10. The zero-order chi connectivity index (χ0) is 32.1. The number of hydrogen-bond donors (Lipinski definition) is 1. The van der Waals surface area contributed by atoms with E-state index in [4.69, 9.17) is 14.7 Å². The van der Waals surface area contributed by atoms with Crippen LogP contribution >= 0.6 is 11.3 Å². The first-order valence-electron chi connectivity index (χ1n) is 16.9. The fourth-order valence-electron chi connectivity index (χ4n) is 8.33. The van der Waals surface area contributed by atoms with Crippen LogP contribution in [0.15, 0.2) is 35.8 Å². The molecule has 4 aliphatic heterocycles.